The molecule has 0 fully saturated rings. The second kappa shape index (κ2) is 4.80. The molecule has 7 nitrogen and oxygen atoms in total. The number of nitrogens with one attached hydrogen (secondary N) is 1. The van der Waals surface area contributed by atoms with Crippen LogP contribution in [-0.2, 0) is 21.7 Å². The Balaban J connectivity index is 2.92. The lowest BCUT2D eigenvalue weighted by Gasteiger charge is -2.06. The maximum absolute atomic E-state index is 11.4. The molecule has 0 aliphatic carbocycles. The number of rotatable bonds is 4. The molecule has 0 aromatic carbocycles. The highest BCUT2D eigenvalue weighted by Gasteiger charge is 2.16. The number of thiocarbonyl (C=S) groups is 1. The molecule has 1 heterocycles. The number of nitrogens with two attached hydrogens (primary N) is 1. The van der Waals surface area contributed by atoms with E-state index >= 15 is 0 Å². The number of carbonyl (C=O) groups excluding carboxylic acids is 1. The van der Waals surface area contributed by atoms with Gasteiger partial charge in [0.2, 0.25) is 5.91 Å². The summed E-state index contributed by atoms with van der Waals surface area (Å²) in [5.74, 6) is -0.977. The zero-order valence-electron chi connectivity index (χ0n) is 9.30. The summed E-state index contributed by atoms with van der Waals surface area (Å²) in [7, 11) is -1.80. The summed E-state index contributed by atoms with van der Waals surface area (Å²) < 4.78 is 23.2. The Labute approximate surface area is 104 Å². The van der Waals surface area contributed by atoms with Crippen molar-refractivity contribution in [2.24, 2.45) is 12.8 Å². The number of anilines is 1. The molecular formula is C8H12N4O3S2. The first-order chi connectivity index (χ1) is 7.70. The molecule has 0 aliphatic rings. The molecule has 3 N–H and O–H groups in total. The number of hydrogen-bond donors (Lipinski definition) is 2. The smallest absolute Gasteiger partial charge is 0.240 e. The van der Waals surface area contributed by atoms with E-state index in [-0.39, 0.29) is 10.8 Å². The summed E-state index contributed by atoms with van der Waals surface area (Å²) in [5.41, 5.74) is 5.83. The van der Waals surface area contributed by atoms with Gasteiger partial charge in [0.25, 0.3) is 0 Å². The van der Waals surface area contributed by atoms with Crippen LogP contribution in [0.2, 0.25) is 0 Å². The van der Waals surface area contributed by atoms with Crippen LogP contribution >= 0.6 is 12.2 Å². The first kappa shape index (κ1) is 13.6. The molecule has 0 bridgehead atoms. The molecule has 1 amide bonds. The van der Waals surface area contributed by atoms with E-state index < -0.39 is 21.5 Å². The van der Waals surface area contributed by atoms with E-state index in [0.717, 1.165) is 6.26 Å². The lowest BCUT2D eigenvalue weighted by atomic mass is 10.3. The van der Waals surface area contributed by atoms with Gasteiger partial charge in [-0.15, -0.1) is 0 Å². The van der Waals surface area contributed by atoms with Gasteiger partial charge in [0.15, 0.2) is 9.84 Å². The fourth-order valence-corrected chi connectivity index (χ4v) is 1.87. The highest BCUT2D eigenvalue weighted by molar-refractivity contribution is 7.91. The molecule has 17 heavy (non-hydrogen) atoms. The van der Waals surface area contributed by atoms with Gasteiger partial charge in [-0.1, -0.05) is 12.2 Å². The van der Waals surface area contributed by atoms with E-state index in [0.29, 0.717) is 5.56 Å². The number of amides is 1. The van der Waals surface area contributed by atoms with Gasteiger partial charge in [0.1, 0.15) is 16.6 Å². The predicted octanol–water partition coefficient (Wildman–Crippen LogP) is -0.963. The zero-order chi connectivity index (χ0) is 13.2. The normalized spacial score (nSPS) is 11.2. The second-order valence-electron chi connectivity index (χ2n) is 3.51. The fraction of sp³-hybridized carbons (Fsp3) is 0.375. The Morgan fingerprint density at radius 3 is 2.71 bits per heavy atom. The van der Waals surface area contributed by atoms with Crippen LogP contribution in [0.4, 0.5) is 5.82 Å². The van der Waals surface area contributed by atoms with Crippen molar-refractivity contribution in [2.75, 3.05) is 17.3 Å². The Bertz CT molecular complexity index is 561. The zero-order valence-corrected chi connectivity index (χ0v) is 10.9. The van der Waals surface area contributed by atoms with Crippen LogP contribution in [-0.4, -0.2) is 41.1 Å². The SMILES string of the molecule is Cn1ncc(C(N)=S)c1NC(=O)CS(C)(=O)=O. The molecule has 0 unspecified atom stereocenters. The monoisotopic (exact) mass is 276 g/mol. The highest BCUT2D eigenvalue weighted by Crippen LogP contribution is 2.13. The van der Waals surface area contributed by atoms with Gasteiger partial charge in [-0.3, -0.25) is 9.48 Å². The first-order valence-electron chi connectivity index (χ1n) is 4.50. The van der Waals surface area contributed by atoms with Crippen molar-refractivity contribution in [1.82, 2.24) is 9.78 Å². The van der Waals surface area contributed by atoms with E-state index in [1.807, 2.05) is 0 Å². The van der Waals surface area contributed by atoms with Gasteiger partial charge in [-0.2, -0.15) is 5.10 Å². The number of nitrogens with zero attached hydrogens (tertiary/aromatic N) is 2. The van der Waals surface area contributed by atoms with Crippen molar-refractivity contribution in [3.8, 4) is 0 Å². The van der Waals surface area contributed by atoms with Crippen molar-refractivity contribution in [3.05, 3.63) is 11.8 Å². The Morgan fingerprint density at radius 1 is 1.65 bits per heavy atom. The molecule has 1 aromatic heterocycles. The predicted molar refractivity (Wildman–Crippen MR) is 67.4 cm³/mol. The third-order valence-corrected chi connectivity index (χ3v) is 2.86. The molecule has 94 valence electrons. The molecule has 0 saturated carbocycles. The topological polar surface area (TPSA) is 107 Å². The van der Waals surface area contributed by atoms with E-state index in [2.05, 4.69) is 10.4 Å². The van der Waals surface area contributed by atoms with Gasteiger partial charge in [0.05, 0.1) is 11.8 Å². The highest BCUT2D eigenvalue weighted by atomic mass is 32.2. The Kier molecular flexibility index (Phi) is 3.83. The summed E-state index contributed by atoms with van der Waals surface area (Å²) >= 11 is 4.78. The van der Waals surface area contributed by atoms with Crippen LogP contribution in [0.5, 0.6) is 0 Å². The van der Waals surface area contributed by atoms with Crippen molar-refractivity contribution < 1.29 is 13.2 Å². The van der Waals surface area contributed by atoms with Gasteiger partial charge < -0.3 is 11.1 Å². The average Bonchev–Trinajstić information content (AvgIpc) is 2.44. The maximum Gasteiger partial charge on any atom is 0.240 e. The van der Waals surface area contributed by atoms with E-state index in [4.69, 9.17) is 18.0 Å². The minimum atomic E-state index is -3.38. The molecule has 1 aromatic rings. The third-order valence-electron chi connectivity index (χ3n) is 1.86. The molecule has 0 spiro atoms. The number of sulfone groups is 1. The second-order valence-corrected chi connectivity index (χ2v) is 6.09. The number of aromatic nitrogens is 2. The number of carbonyl (C=O) groups is 1. The summed E-state index contributed by atoms with van der Waals surface area (Å²) in [6, 6.07) is 0. The largest absolute Gasteiger partial charge is 0.389 e. The third kappa shape index (κ3) is 3.79. The van der Waals surface area contributed by atoms with Gasteiger partial charge in [-0.05, 0) is 0 Å². The van der Waals surface area contributed by atoms with Crippen LogP contribution in [0, 0.1) is 0 Å². The van der Waals surface area contributed by atoms with E-state index in [9.17, 15) is 13.2 Å². The molecule has 9 heteroatoms. The average molecular weight is 276 g/mol. The van der Waals surface area contributed by atoms with Crippen LogP contribution in [0.3, 0.4) is 0 Å². The van der Waals surface area contributed by atoms with Crippen LogP contribution < -0.4 is 11.1 Å². The summed E-state index contributed by atoms with van der Waals surface area (Å²) in [6.07, 6.45) is 2.38. The Hall–Kier alpha value is -1.48. The lowest BCUT2D eigenvalue weighted by Crippen LogP contribution is -2.24. The van der Waals surface area contributed by atoms with Gasteiger partial charge >= 0.3 is 0 Å². The minimum absolute atomic E-state index is 0.0766. The van der Waals surface area contributed by atoms with E-state index in [1.54, 1.807) is 7.05 Å². The molecule has 0 saturated heterocycles. The minimum Gasteiger partial charge on any atom is -0.389 e. The van der Waals surface area contributed by atoms with Crippen LogP contribution in [0.1, 0.15) is 5.56 Å². The van der Waals surface area contributed by atoms with Gasteiger partial charge in [0, 0.05) is 13.3 Å². The lowest BCUT2D eigenvalue weighted by molar-refractivity contribution is -0.113. The quantitative estimate of drug-likeness (QED) is 0.686. The molecule has 1 rings (SSSR count). The standard InChI is InChI=1S/C8H12N4O3S2/c1-12-8(5(3-10-12)7(9)16)11-6(13)4-17(2,14)15/h3H,4H2,1-2H3,(H2,9,16)(H,11,13). The molecule has 0 aliphatic heterocycles. The maximum atomic E-state index is 11.4. The van der Waals surface area contributed by atoms with Crippen molar-refractivity contribution in [2.45, 2.75) is 0 Å². The molecule has 0 atom stereocenters. The Morgan fingerprint density at radius 2 is 2.24 bits per heavy atom. The summed E-state index contributed by atoms with van der Waals surface area (Å²) in [4.78, 5) is 11.5. The molecular weight excluding hydrogens is 264 g/mol. The van der Waals surface area contributed by atoms with Crippen LogP contribution in [0.15, 0.2) is 6.20 Å². The summed E-state index contributed by atoms with van der Waals surface area (Å²) in [6.45, 7) is 0. The summed E-state index contributed by atoms with van der Waals surface area (Å²) in [5, 5.41) is 6.28. The van der Waals surface area contributed by atoms with E-state index in [1.165, 1.54) is 10.9 Å². The fourth-order valence-electron chi connectivity index (χ4n) is 1.17. The number of aryl methyl sites for hydroxylation is 1. The van der Waals surface area contributed by atoms with Crippen molar-refractivity contribution in [1.29, 1.82) is 0 Å². The van der Waals surface area contributed by atoms with Crippen molar-refractivity contribution in [3.63, 3.8) is 0 Å². The van der Waals surface area contributed by atoms with Gasteiger partial charge in [-0.25, -0.2) is 8.42 Å². The first-order valence-corrected chi connectivity index (χ1v) is 6.97. The molecule has 0 radical (unpaired) electrons. The van der Waals surface area contributed by atoms with Crippen molar-refractivity contribution >= 4 is 38.8 Å². The number of hydrogen-bond acceptors (Lipinski definition) is 5. The van der Waals surface area contributed by atoms with Crippen LogP contribution in [0.25, 0.3) is 0 Å².